The predicted molar refractivity (Wildman–Crippen MR) is 91.0 cm³/mol. The van der Waals surface area contributed by atoms with Crippen LogP contribution in [-0.2, 0) is 6.42 Å². The summed E-state index contributed by atoms with van der Waals surface area (Å²) in [5.41, 5.74) is 6.04. The zero-order valence-electron chi connectivity index (χ0n) is 13.4. The average molecular weight is 328 g/mol. The lowest BCUT2D eigenvalue weighted by Gasteiger charge is -2.38. The Balaban J connectivity index is 1.63. The summed E-state index contributed by atoms with van der Waals surface area (Å²) < 4.78 is 13.5. The van der Waals surface area contributed by atoms with Crippen LogP contribution < -0.4 is 5.73 Å². The second-order valence-electron chi connectivity index (χ2n) is 6.42. The average Bonchev–Trinajstić information content (AvgIpc) is 2.58. The molecule has 1 amide bonds. The number of nitrogens with two attached hydrogens (primary N) is 1. The molecule has 0 atom stereocenters. The van der Waals surface area contributed by atoms with Gasteiger partial charge in [-0.25, -0.2) is 4.39 Å². The van der Waals surface area contributed by atoms with Gasteiger partial charge in [-0.3, -0.25) is 4.79 Å². The molecule has 1 saturated heterocycles. The molecule has 3 rings (SSSR count). The summed E-state index contributed by atoms with van der Waals surface area (Å²) in [6.45, 7) is 0.905. The maximum Gasteiger partial charge on any atom is 0.253 e. The van der Waals surface area contributed by atoms with Crippen molar-refractivity contribution in [3.8, 4) is 0 Å². The van der Waals surface area contributed by atoms with Crippen molar-refractivity contribution in [1.82, 2.24) is 4.90 Å². The maximum atomic E-state index is 13.5. The highest BCUT2D eigenvalue weighted by Gasteiger charge is 2.34. The second kappa shape index (κ2) is 6.61. The van der Waals surface area contributed by atoms with E-state index in [1.807, 2.05) is 30.3 Å². The summed E-state index contributed by atoms with van der Waals surface area (Å²) >= 11 is 0. The molecule has 3 N–H and O–H groups in total. The Bertz CT molecular complexity index is 725. The number of carbonyl (C=O) groups is 1. The quantitative estimate of drug-likeness (QED) is 0.851. The molecule has 0 spiro atoms. The Morgan fingerprint density at radius 3 is 2.46 bits per heavy atom. The van der Waals surface area contributed by atoms with Crippen LogP contribution in [0.4, 0.5) is 10.1 Å². The van der Waals surface area contributed by atoms with Gasteiger partial charge in [-0.15, -0.1) is 0 Å². The molecule has 2 aromatic rings. The van der Waals surface area contributed by atoms with Crippen LogP contribution in [0, 0.1) is 5.82 Å². The van der Waals surface area contributed by atoms with Gasteiger partial charge in [0.15, 0.2) is 0 Å². The fourth-order valence-corrected chi connectivity index (χ4v) is 3.12. The van der Waals surface area contributed by atoms with Gasteiger partial charge in [-0.2, -0.15) is 0 Å². The third-order valence-electron chi connectivity index (χ3n) is 4.60. The normalized spacial score (nSPS) is 16.8. The van der Waals surface area contributed by atoms with Crippen molar-refractivity contribution < 1.29 is 14.3 Å². The number of hydrogen-bond acceptors (Lipinski definition) is 3. The Kier molecular flexibility index (Phi) is 4.53. The molecule has 0 aromatic heterocycles. The van der Waals surface area contributed by atoms with E-state index in [1.165, 1.54) is 18.2 Å². The van der Waals surface area contributed by atoms with Crippen molar-refractivity contribution in [2.45, 2.75) is 24.9 Å². The molecule has 0 unspecified atom stereocenters. The molecule has 5 heteroatoms. The highest BCUT2D eigenvalue weighted by Crippen LogP contribution is 2.27. The molecule has 1 heterocycles. The lowest BCUT2D eigenvalue weighted by molar-refractivity contribution is -0.0162. The molecule has 1 aliphatic rings. The van der Waals surface area contributed by atoms with Gasteiger partial charge >= 0.3 is 0 Å². The molecule has 126 valence electrons. The number of halogens is 1. The largest absolute Gasteiger partial charge is 0.396 e. The minimum Gasteiger partial charge on any atom is -0.396 e. The highest BCUT2D eigenvalue weighted by molar-refractivity contribution is 5.94. The van der Waals surface area contributed by atoms with Gasteiger partial charge in [0.05, 0.1) is 11.3 Å². The van der Waals surface area contributed by atoms with E-state index in [2.05, 4.69) is 0 Å². The van der Waals surface area contributed by atoms with E-state index < -0.39 is 11.4 Å². The van der Waals surface area contributed by atoms with Gasteiger partial charge in [0.1, 0.15) is 5.82 Å². The van der Waals surface area contributed by atoms with E-state index in [0.29, 0.717) is 32.4 Å². The number of anilines is 1. The van der Waals surface area contributed by atoms with Crippen LogP contribution in [0.3, 0.4) is 0 Å². The monoisotopic (exact) mass is 328 g/mol. The van der Waals surface area contributed by atoms with Crippen molar-refractivity contribution in [3.05, 3.63) is 65.5 Å². The first-order valence-electron chi connectivity index (χ1n) is 8.07. The molecule has 0 saturated carbocycles. The molecule has 1 fully saturated rings. The standard InChI is InChI=1S/C19H21FN2O2/c20-16-12-15(6-7-17(16)21)18(23)22-10-8-19(24,9-11-22)13-14-4-2-1-3-5-14/h1-7,12,24H,8-11,13,21H2. The molecular formula is C19H21FN2O2. The van der Waals surface area contributed by atoms with E-state index in [0.717, 1.165) is 5.56 Å². The third kappa shape index (κ3) is 3.57. The number of likely N-dealkylation sites (tertiary alicyclic amines) is 1. The minimum absolute atomic E-state index is 0.0300. The summed E-state index contributed by atoms with van der Waals surface area (Å²) in [6, 6.07) is 13.9. The Labute approximate surface area is 140 Å². The number of nitrogen functional groups attached to an aromatic ring is 1. The predicted octanol–water partition coefficient (Wildman–Crippen LogP) is 2.62. The lowest BCUT2D eigenvalue weighted by atomic mass is 9.85. The molecule has 24 heavy (non-hydrogen) atoms. The second-order valence-corrected chi connectivity index (χ2v) is 6.42. The smallest absolute Gasteiger partial charge is 0.253 e. The van der Waals surface area contributed by atoms with Gasteiger partial charge in [-0.1, -0.05) is 30.3 Å². The molecule has 4 nitrogen and oxygen atoms in total. The van der Waals surface area contributed by atoms with Crippen molar-refractivity contribution in [1.29, 1.82) is 0 Å². The number of nitrogens with zero attached hydrogens (tertiary/aromatic N) is 1. The van der Waals surface area contributed by atoms with Crippen LogP contribution >= 0.6 is 0 Å². The number of hydrogen-bond donors (Lipinski definition) is 2. The summed E-state index contributed by atoms with van der Waals surface area (Å²) in [7, 11) is 0. The van der Waals surface area contributed by atoms with Gasteiger partial charge in [0.25, 0.3) is 5.91 Å². The number of rotatable bonds is 3. The van der Waals surface area contributed by atoms with E-state index in [1.54, 1.807) is 4.90 Å². The Morgan fingerprint density at radius 1 is 1.17 bits per heavy atom. The molecule has 0 bridgehead atoms. The number of carbonyl (C=O) groups excluding carboxylic acids is 1. The molecular weight excluding hydrogens is 307 g/mol. The number of benzene rings is 2. The van der Waals surface area contributed by atoms with Crippen LogP contribution in [0.5, 0.6) is 0 Å². The van der Waals surface area contributed by atoms with Gasteiger partial charge < -0.3 is 15.7 Å². The van der Waals surface area contributed by atoms with Crippen LogP contribution in [0.2, 0.25) is 0 Å². The molecule has 2 aromatic carbocycles. The summed E-state index contributed by atoms with van der Waals surface area (Å²) in [5.74, 6) is -0.811. The summed E-state index contributed by atoms with van der Waals surface area (Å²) in [5, 5.41) is 10.8. The van der Waals surface area contributed by atoms with Crippen molar-refractivity contribution in [3.63, 3.8) is 0 Å². The summed E-state index contributed by atoms with van der Waals surface area (Å²) in [4.78, 5) is 14.1. The number of amides is 1. The van der Waals surface area contributed by atoms with E-state index in [-0.39, 0.29) is 17.2 Å². The summed E-state index contributed by atoms with van der Waals surface area (Å²) in [6.07, 6.45) is 1.59. The fraction of sp³-hybridized carbons (Fsp3) is 0.316. The third-order valence-corrected chi connectivity index (χ3v) is 4.60. The van der Waals surface area contributed by atoms with E-state index >= 15 is 0 Å². The lowest BCUT2D eigenvalue weighted by Crippen LogP contribution is -2.47. The zero-order valence-corrected chi connectivity index (χ0v) is 13.4. The van der Waals surface area contributed by atoms with Gasteiger partial charge in [-0.05, 0) is 36.6 Å². The van der Waals surface area contributed by atoms with E-state index in [9.17, 15) is 14.3 Å². The molecule has 0 radical (unpaired) electrons. The van der Waals surface area contributed by atoms with Crippen molar-refractivity contribution >= 4 is 11.6 Å². The topological polar surface area (TPSA) is 66.6 Å². The minimum atomic E-state index is -0.801. The van der Waals surface area contributed by atoms with Gasteiger partial charge in [0, 0.05) is 25.1 Å². The van der Waals surface area contributed by atoms with Crippen LogP contribution in [0.25, 0.3) is 0 Å². The SMILES string of the molecule is Nc1ccc(C(=O)N2CCC(O)(Cc3ccccc3)CC2)cc1F. The first kappa shape index (κ1) is 16.5. The number of aliphatic hydroxyl groups is 1. The Hall–Kier alpha value is -2.40. The first-order valence-corrected chi connectivity index (χ1v) is 8.07. The molecule has 0 aliphatic carbocycles. The number of piperidine rings is 1. The fourth-order valence-electron chi connectivity index (χ4n) is 3.12. The van der Waals surface area contributed by atoms with Gasteiger partial charge in [0.2, 0.25) is 0 Å². The van der Waals surface area contributed by atoms with Crippen LogP contribution in [-0.4, -0.2) is 34.6 Å². The van der Waals surface area contributed by atoms with Crippen LogP contribution in [0.15, 0.2) is 48.5 Å². The zero-order chi connectivity index (χ0) is 17.2. The maximum absolute atomic E-state index is 13.5. The van der Waals surface area contributed by atoms with Crippen LogP contribution in [0.1, 0.15) is 28.8 Å². The van der Waals surface area contributed by atoms with Crippen molar-refractivity contribution in [2.75, 3.05) is 18.8 Å². The van der Waals surface area contributed by atoms with E-state index in [4.69, 9.17) is 5.73 Å². The Morgan fingerprint density at radius 2 is 1.83 bits per heavy atom. The first-order chi connectivity index (χ1) is 11.5. The van der Waals surface area contributed by atoms with Crippen molar-refractivity contribution in [2.24, 2.45) is 0 Å². The molecule has 1 aliphatic heterocycles. The highest BCUT2D eigenvalue weighted by atomic mass is 19.1.